The summed E-state index contributed by atoms with van der Waals surface area (Å²) >= 11 is 0. The highest BCUT2D eigenvalue weighted by molar-refractivity contribution is 6.00. The van der Waals surface area contributed by atoms with Crippen molar-refractivity contribution in [1.82, 2.24) is 5.32 Å². The molecule has 7 heteroatoms. The highest BCUT2D eigenvalue weighted by Crippen LogP contribution is 2.23. The zero-order valence-corrected chi connectivity index (χ0v) is 13.2. The minimum atomic E-state index is -0.548. The summed E-state index contributed by atoms with van der Waals surface area (Å²) in [6, 6.07) is 13.2. The van der Waals surface area contributed by atoms with E-state index in [-0.39, 0.29) is 17.9 Å². The molecule has 0 fully saturated rings. The van der Waals surface area contributed by atoms with Crippen LogP contribution in [0.5, 0.6) is 0 Å². The predicted octanol–water partition coefficient (Wildman–Crippen LogP) is 2.32. The van der Waals surface area contributed by atoms with Crippen LogP contribution in [-0.2, 0) is 6.54 Å². The minimum Gasteiger partial charge on any atom is -0.394 e. The molecule has 0 unspecified atom stereocenters. The third kappa shape index (κ3) is 4.53. The molecule has 7 nitrogen and oxygen atoms in total. The molecule has 126 valence electrons. The molecule has 2 aromatic carbocycles. The number of benzene rings is 2. The predicted molar refractivity (Wildman–Crippen MR) is 90.9 cm³/mol. The summed E-state index contributed by atoms with van der Waals surface area (Å²) in [7, 11) is 0. The van der Waals surface area contributed by atoms with Crippen LogP contribution in [0.15, 0.2) is 48.5 Å². The van der Waals surface area contributed by atoms with E-state index in [0.29, 0.717) is 12.2 Å². The van der Waals surface area contributed by atoms with Gasteiger partial charge in [-0.1, -0.05) is 30.3 Å². The molecule has 0 heterocycles. The molecule has 0 bridgehead atoms. The Balaban J connectivity index is 2.25. The van der Waals surface area contributed by atoms with E-state index in [0.717, 1.165) is 5.56 Å². The van der Waals surface area contributed by atoms with Crippen LogP contribution in [0.1, 0.15) is 22.8 Å². The summed E-state index contributed by atoms with van der Waals surface area (Å²) in [5.74, 6) is -0.476. The molecule has 0 aliphatic carbocycles. The number of rotatable bonds is 7. The van der Waals surface area contributed by atoms with E-state index in [9.17, 15) is 14.9 Å². The van der Waals surface area contributed by atoms with E-state index in [1.54, 1.807) is 6.92 Å². The average Bonchev–Trinajstić information content (AvgIpc) is 2.60. The number of aliphatic hydroxyl groups is 1. The molecule has 0 aliphatic heterocycles. The molecule has 24 heavy (non-hydrogen) atoms. The van der Waals surface area contributed by atoms with Crippen molar-refractivity contribution < 1.29 is 14.8 Å². The van der Waals surface area contributed by atoms with E-state index >= 15 is 0 Å². The van der Waals surface area contributed by atoms with Crippen LogP contribution < -0.4 is 10.6 Å². The fourth-order valence-corrected chi connectivity index (χ4v) is 2.13. The van der Waals surface area contributed by atoms with Crippen molar-refractivity contribution in [3.05, 3.63) is 69.8 Å². The third-order valence-electron chi connectivity index (χ3n) is 3.44. The number of hydrogen-bond acceptors (Lipinski definition) is 5. The lowest BCUT2D eigenvalue weighted by atomic mass is 10.1. The maximum Gasteiger partial charge on any atom is 0.270 e. The van der Waals surface area contributed by atoms with Gasteiger partial charge in [0.15, 0.2) is 0 Å². The van der Waals surface area contributed by atoms with Crippen molar-refractivity contribution in [1.29, 1.82) is 0 Å². The fourth-order valence-electron chi connectivity index (χ4n) is 2.13. The van der Waals surface area contributed by atoms with Crippen molar-refractivity contribution in [2.45, 2.75) is 19.5 Å². The Morgan fingerprint density at radius 1 is 1.25 bits per heavy atom. The average molecular weight is 329 g/mol. The lowest BCUT2D eigenvalue weighted by Crippen LogP contribution is -2.35. The number of carbonyl (C=O) groups excluding carboxylic acids is 1. The van der Waals surface area contributed by atoms with E-state index < -0.39 is 16.9 Å². The SMILES string of the molecule is C[C@@H](CO)NC(=O)c1cc([N+](=O)[O-])ccc1NCc1ccccc1. The van der Waals surface area contributed by atoms with Crippen LogP contribution in [-0.4, -0.2) is 28.6 Å². The molecule has 1 atom stereocenters. The number of hydrogen-bond donors (Lipinski definition) is 3. The number of nitrogens with zero attached hydrogens (tertiary/aromatic N) is 1. The largest absolute Gasteiger partial charge is 0.394 e. The van der Waals surface area contributed by atoms with Crippen molar-refractivity contribution in [2.75, 3.05) is 11.9 Å². The molecule has 2 rings (SSSR count). The topological polar surface area (TPSA) is 104 Å². The summed E-state index contributed by atoms with van der Waals surface area (Å²) < 4.78 is 0. The van der Waals surface area contributed by atoms with Crippen molar-refractivity contribution in [3.63, 3.8) is 0 Å². The maximum atomic E-state index is 12.3. The molecule has 1 amide bonds. The highest BCUT2D eigenvalue weighted by Gasteiger charge is 2.18. The summed E-state index contributed by atoms with van der Waals surface area (Å²) in [5, 5.41) is 25.7. The van der Waals surface area contributed by atoms with Gasteiger partial charge in [-0.15, -0.1) is 0 Å². The molecular weight excluding hydrogens is 310 g/mol. The first-order valence-corrected chi connectivity index (χ1v) is 7.49. The summed E-state index contributed by atoms with van der Waals surface area (Å²) in [6.45, 7) is 1.91. The van der Waals surface area contributed by atoms with Crippen molar-refractivity contribution in [2.24, 2.45) is 0 Å². The Labute approximate surface area is 139 Å². The number of nitrogens with one attached hydrogen (secondary N) is 2. The molecule has 0 spiro atoms. The van der Waals surface area contributed by atoms with Crippen LogP contribution in [0.2, 0.25) is 0 Å². The first kappa shape index (κ1) is 17.4. The standard InChI is InChI=1S/C17H19N3O4/c1-12(11-21)19-17(22)15-9-14(20(23)24)7-8-16(15)18-10-13-5-3-2-4-6-13/h2-9,12,18,21H,10-11H2,1H3,(H,19,22)/t12-/m0/s1. The molecule has 0 aromatic heterocycles. The lowest BCUT2D eigenvalue weighted by molar-refractivity contribution is -0.384. The number of nitro benzene ring substituents is 1. The zero-order chi connectivity index (χ0) is 17.5. The van der Waals surface area contributed by atoms with Gasteiger partial charge >= 0.3 is 0 Å². The third-order valence-corrected chi connectivity index (χ3v) is 3.44. The van der Waals surface area contributed by atoms with Gasteiger partial charge in [-0.25, -0.2) is 0 Å². The number of non-ortho nitro benzene ring substituents is 1. The van der Waals surface area contributed by atoms with Gasteiger partial charge in [0.1, 0.15) is 0 Å². The monoisotopic (exact) mass is 329 g/mol. The first-order chi connectivity index (χ1) is 11.5. The van der Waals surface area contributed by atoms with Crippen molar-refractivity contribution >= 4 is 17.3 Å². The Morgan fingerprint density at radius 2 is 1.96 bits per heavy atom. The minimum absolute atomic E-state index is 0.165. The second-order valence-electron chi connectivity index (χ2n) is 5.38. The number of aliphatic hydroxyl groups excluding tert-OH is 1. The number of amides is 1. The molecule has 3 N–H and O–H groups in total. The van der Waals surface area contributed by atoms with Crippen LogP contribution in [0.4, 0.5) is 11.4 Å². The highest BCUT2D eigenvalue weighted by atomic mass is 16.6. The van der Waals surface area contributed by atoms with Gasteiger partial charge < -0.3 is 15.7 Å². The molecule has 2 aromatic rings. The van der Waals surface area contributed by atoms with Gasteiger partial charge in [0.2, 0.25) is 0 Å². The summed E-state index contributed by atoms with van der Waals surface area (Å²) in [4.78, 5) is 22.7. The van der Waals surface area contributed by atoms with Gasteiger partial charge in [0.25, 0.3) is 11.6 Å². The van der Waals surface area contributed by atoms with Crippen LogP contribution >= 0.6 is 0 Å². The summed E-state index contributed by atoms with van der Waals surface area (Å²) in [5.41, 5.74) is 1.51. The molecule has 0 saturated carbocycles. The summed E-state index contributed by atoms with van der Waals surface area (Å²) in [6.07, 6.45) is 0. The van der Waals surface area contributed by atoms with Gasteiger partial charge in [-0.2, -0.15) is 0 Å². The van der Waals surface area contributed by atoms with Gasteiger partial charge in [0.05, 0.1) is 17.1 Å². The van der Waals surface area contributed by atoms with E-state index in [1.165, 1.54) is 18.2 Å². The smallest absolute Gasteiger partial charge is 0.270 e. The van der Waals surface area contributed by atoms with Crippen LogP contribution in [0.3, 0.4) is 0 Å². The second-order valence-corrected chi connectivity index (χ2v) is 5.38. The number of carbonyl (C=O) groups is 1. The van der Waals surface area contributed by atoms with E-state index in [1.807, 2.05) is 30.3 Å². The molecule has 0 aliphatic rings. The Kier molecular flexibility index (Phi) is 5.86. The molecular formula is C17H19N3O4. The zero-order valence-electron chi connectivity index (χ0n) is 13.2. The van der Waals surface area contributed by atoms with Crippen LogP contribution in [0.25, 0.3) is 0 Å². The normalized spacial score (nSPS) is 11.6. The molecule has 0 saturated heterocycles. The Bertz CT molecular complexity index is 719. The fraction of sp³-hybridized carbons (Fsp3) is 0.235. The van der Waals surface area contributed by atoms with E-state index in [2.05, 4.69) is 10.6 Å². The second kappa shape index (κ2) is 8.07. The Morgan fingerprint density at radius 3 is 2.58 bits per heavy atom. The first-order valence-electron chi connectivity index (χ1n) is 7.49. The Hall–Kier alpha value is -2.93. The number of anilines is 1. The maximum absolute atomic E-state index is 12.3. The van der Waals surface area contributed by atoms with Gasteiger partial charge in [0, 0.05) is 30.4 Å². The lowest BCUT2D eigenvalue weighted by Gasteiger charge is -2.15. The van der Waals surface area contributed by atoms with Gasteiger partial charge in [-0.3, -0.25) is 14.9 Å². The molecule has 0 radical (unpaired) electrons. The quantitative estimate of drug-likeness (QED) is 0.534. The van der Waals surface area contributed by atoms with E-state index in [4.69, 9.17) is 5.11 Å². The van der Waals surface area contributed by atoms with Gasteiger partial charge in [-0.05, 0) is 18.6 Å². The number of nitro groups is 1. The van der Waals surface area contributed by atoms with Crippen LogP contribution in [0, 0.1) is 10.1 Å². The van der Waals surface area contributed by atoms with Crippen molar-refractivity contribution in [3.8, 4) is 0 Å².